The van der Waals surface area contributed by atoms with E-state index in [-0.39, 0.29) is 0 Å². The zero-order chi connectivity index (χ0) is 22.6. The second kappa shape index (κ2) is 9.34. The van der Waals surface area contributed by atoms with Gasteiger partial charge in [0.1, 0.15) is 17.8 Å². The largest absolute Gasteiger partial charge is 0.495 e. The van der Waals surface area contributed by atoms with E-state index >= 15 is 0 Å². The molecule has 0 aromatic heterocycles. The quantitative estimate of drug-likeness (QED) is 0.475. The normalized spacial score (nSPS) is 16.1. The molecule has 1 aliphatic rings. The molecule has 1 aromatic rings. The molecule has 0 radical (unpaired) electrons. The molecule has 1 fully saturated rings. The van der Waals surface area contributed by atoms with E-state index in [2.05, 4.69) is 10.6 Å². The molecule has 2 N–H and O–H groups in total. The fourth-order valence-electron chi connectivity index (χ4n) is 3.13. The number of hydrogen-bond donors (Lipinski definition) is 2. The van der Waals surface area contributed by atoms with E-state index in [1.165, 1.54) is 14.0 Å². The Balaban J connectivity index is 2.01. The number of benzene rings is 1. The molecule has 10 heteroatoms. The maximum Gasteiger partial charge on any atom is 0.327 e. The molecule has 0 saturated carbocycles. The predicted molar refractivity (Wildman–Crippen MR) is 110 cm³/mol. The van der Waals surface area contributed by atoms with E-state index in [1.807, 2.05) is 0 Å². The molecular formula is C20H26ClN3O6. The van der Waals surface area contributed by atoms with Crippen LogP contribution in [0.2, 0.25) is 5.02 Å². The highest BCUT2D eigenvalue weighted by Gasteiger charge is 2.49. The lowest BCUT2D eigenvalue weighted by molar-refractivity contribution is -0.155. The van der Waals surface area contributed by atoms with Crippen LogP contribution in [0.1, 0.15) is 39.2 Å². The van der Waals surface area contributed by atoms with Crippen molar-refractivity contribution >= 4 is 41.1 Å². The van der Waals surface area contributed by atoms with E-state index in [0.717, 1.165) is 10.5 Å². The molecule has 30 heavy (non-hydrogen) atoms. The Kier molecular flexibility index (Phi) is 7.30. The molecule has 1 heterocycles. The number of methoxy groups -OCH3 is 1. The van der Waals surface area contributed by atoms with Crippen LogP contribution in [0.25, 0.3) is 0 Å². The van der Waals surface area contributed by atoms with Gasteiger partial charge in [-0.3, -0.25) is 19.3 Å². The summed E-state index contributed by atoms with van der Waals surface area (Å²) in [6, 6.07) is 2.55. The van der Waals surface area contributed by atoms with Gasteiger partial charge in [0.2, 0.25) is 0 Å². The van der Waals surface area contributed by atoms with Gasteiger partial charge in [-0.1, -0.05) is 25.4 Å². The lowest BCUT2D eigenvalue weighted by atomic mass is 9.93. The number of ether oxygens (including phenoxy) is 2. The summed E-state index contributed by atoms with van der Waals surface area (Å²) in [4.78, 5) is 50.2. The van der Waals surface area contributed by atoms with Crippen LogP contribution in [0.3, 0.4) is 0 Å². The number of anilines is 1. The molecule has 0 aliphatic carbocycles. The third-order valence-electron chi connectivity index (χ3n) is 5.16. The predicted octanol–water partition coefficient (Wildman–Crippen LogP) is 2.64. The van der Waals surface area contributed by atoms with Crippen LogP contribution >= 0.6 is 11.6 Å². The van der Waals surface area contributed by atoms with Crippen LogP contribution in [0, 0.1) is 6.92 Å². The van der Waals surface area contributed by atoms with Gasteiger partial charge in [-0.05, 0) is 38.3 Å². The first-order valence-electron chi connectivity index (χ1n) is 9.57. The minimum Gasteiger partial charge on any atom is -0.495 e. The zero-order valence-electron chi connectivity index (χ0n) is 17.6. The standard InChI is InChI=1S/C20H26ClN3O6/c1-6-20(7-2)18(27)24(19(28)23-20)10-16(25)30-12(4)17(26)22-14-8-11(3)13(21)9-15(14)29-5/h8-9,12H,6-7,10H2,1-5H3,(H,22,26)(H,23,28). The zero-order valence-corrected chi connectivity index (χ0v) is 18.4. The van der Waals surface area contributed by atoms with Gasteiger partial charge in [0.15, 0.2) is 6.10 Å². The average molecular weight is 440 g/mol. The summed E-state index contributed by atoms with van der Waals surface area (Å²) < 4.78 is 10.3. The monoisotopic (exact) mass is 439 g/mol. The van der Waals surface area contributed by atoms with Crippen LogP contribution < -0.4 is 15.4 Å². The smallest absolute Gasteiger partial charge is 0.327 e. The Bertz CT molecular complexity index is 868. The minimum absolute atomic E-state index is 0.354. The maximum atomic E-state index is 12.6. The number of nitrogens with zero attached hydrogens (tertiary/aromatic N) is 1. The molecule has 4 amide bonds. The molecule has 164 valence electrons. The summed E-state index contributed by atoms with van der Waals surface area (Å²) in [6.07, 6.45) is -0.359. The number of urea groups is 1. The number of esters is 1. The highest BCUT2D eigenvalue weighted by Crippen LogP contribution is 2.31. The van der Waals surface area contributed by atoms with E-state index in [0.29, 0.717) is 29.3 Å². The molecule has 9 nitrogen and oxygen atoms in total. The summed E-state index contributed by atoms with van der Waals surface area (Å²) >= 11 is 6.05. The van der Waals surface area contributed by atoms with Gasteiger partial charge < -0.3 is 20.1 Å². The number of amides is 4. The van der Waals surface area contributed by atoms with Gasteiger partial charge in [0.25, 0.3) is 11.8 Å². The first-order valence-corrected chi connectivity index (χ1v) is 9.94. The maximum absolute atomic E-state index is 12.6. The Hall–Kier alpha value is -2.81. The number of nitrogens with one attached hydrogen (secondary N) is 2. The Morgan fingerprint density at radius 2 is 1.90 bits per heavy atom. The van der Waals surface area contributed by atoms with E-state index in [4.69, 9.17) is 21.1 Å². The first kappa shape index (κ1) is 23.5. The summed E-state index contributed by atoms with van der Waals surface area (Å²) in [5.41, 5.74) is 0.0898. The van der Waals surface area contributed by atoms with E-state index < -0.39 is 42.0 Å². The molecule has 2 rings (SSSR count). The SMILES string of the molecule is CCC1(CC)NC(=O)N(CC(=O)OC(C)C(=O)Nc2cc(C)c(Cl)cc2OC)C1=O. The summed E-state index contributed by atoms with van der Waals surface area (Å²) in [7, 11) is 1.44. The van der Waals surface area contributed by atoms with Crippen molar-refractivity contribution in [2.75, 3.05) is 19.0 Å². The fourth-order valence-corrected chi connectivity index (χ4v) is 3.28. The van der Waals surface area contributed by atoms with Crippen molar-refractivity contribution in [2.45, 2.75) is 52.2 Å². The van der Waals surface area contributed by atoms with Crippen LogP contribution in [0.4, 0.5) is 10.5 Å². The molecule has 1 aromatic carbocycles. The van der Waals surface area contributed by atoms with Crippen molar-refractivity contribution in [3.8, 4) is 5.75 Å². The Morgan fingerprint density at radius 1 is 1.27 bits per heavy atom. The van der Waals surface area contributed by atoms with Crippen LogP contribution in [0.15, 0.2) is 12.1 Å². The number of imide groups is 1. The van der Waals surface area contributed by atoms with Crippen molar-refractivity contribution in [3.05, 3.63) is 22.7 Å². The molecular weight excluding hydrogens is 414 g/mol. The molecule has 0 spiro atoms. The average Bonchev–Trinajstić information content (AvgIpc) is 2.94. The number of halogens is 1. The van der Waals surface area contributed by atoms with Crippen molar-refractivity contribution < 1.29 is 28.7 Å². The minimum atomic E-state index is -1.17. The van der Waals surface area contributed by atoms with Crippen molar-refractivity contribution in [1.82, 2.24) is 10.2 Å². The van der Waals surface area contributed by atoms with Gasteiger partial charge in [0.05, 0.1) is 12.8 Å². The number of carbonyl (C=O) groups excluding carboxylic acids is 4. The number of carbonyl (C=O) groups is 4. The van der Waals surface area contributed by atoms with Crippen molar-refractivity contribution in [3.63, 3.8) is 0 Å². The molecule has 1 unspecified atom stereocenters. The van der Waals surface area contributed by atoms with E-state index in [1.54, 1.807) is 32.9 Å². The van der Waals surface area contributed by atoms with Gasteiger partial charge in [0, 0.05) is 11.1 Å². The van der Waals surface area contributed by atoms with Crippen molar-refractivity contribution in [2.24, 2.45) is 0 Å². The Morgan fingerprint density at radius 3 is 2.43 bits per heavy atom. The molecule has 1 atom stereocenters. The second-order valence-electron chi connectivity index (χ2n) is 7.03. The van der Waals surface area contributed by atoms with Gasteiger partial charge in [-0.2, -0.15) is 0 Å². The van der Waals surface area contributed by atoms with Gasteiger partial charge in [-0.25, -0.2) is 4.79 Å². The lowest BCUT2D eigenvalue weighted by Gasteiger charge is -2.23. The first-order chi connectivity index (χ1) is 14.1. The summed E-state index contributed by atoms with van der Waals surface area (Å²) in [5.74, 6) is -1.60. The third-order valence-corrected chi connectivity index (χ3v) is 5.56. The number of aryl methyl sites for hydroxylation is 1. The third kappa shape index (κ3) is 4.67. The van der Waals surface area contributed by atoms with E-state index in [9.17, 15) is 19.2 Å². The lowest BCUT2D eigenvalue weighted by Crippen LogP contribution is -2.46. The Labute approximate surface area is 180 Å². The molecule has 1 aliphatic heterocycles. The van der Waals surface area contributed by atoms with Crippen LogP contribution in [-0.2, 0) is 19.1 Å². The van der Waals surface area contributed by atoms with Crippen LogP contribution in [-0.4, -0.2) is 54.0 Å². The number of rotatable bonds is 8. The van der Waals surface area contributed by atoms with Crippen molar-refractivity contribution in [1.29, 1.82) is 0 Å². The second-order valence-corrected chi connectivity index (χ2v) is 7.44. The van der Waals surface area contributed by atoms with Crippen LogP contribution in [0.5, 0.6) is 5.75 Å². The summed E-state index contributed by atoms with van der Waals surface area (Å²) in [6.45, 7) is 6.14. The summed E-state index contributed by atoms with van der Waals surface area (Å²) in [5, 5.41) is 5.73. The highest BCUT2D eigenvalue weighted by atomic mass is 35.5. The highest BCUT2D eigenvalue weighted by molar-refractivity contribution is 6.31. The molecule has 0 bridgehead atoms. The number of hydrogen-bond acceptors (Lipinski definition) is 6. The molecule has 1 saturated heterocycles. The topological polar surface area (TPSA) is 114 Å². The van der Waals surface area contributed by atoms with Gasteiger partial charge in [-0.15, -0.1) is 0 Å². The van der Waals surface area contributed by atoms with Gasteiger partial charge >= 0.3 is 12.0 Å². The fraction of sp³-hybridized carbons (Fsp3) is 0.500.